The van der Waals surface area contributed by atoms with E-state index in [1.807, 2.05) is 50.2 Å². The number of hydrogen-bond donors (Lipinski definition) is 1. The van der Waals surface area contributed by atoms with Crippen LogP contribution in [0.2, 0.25) is 10.0 Å². The molecule has 0 radical (unpaired) electrons. The van der Waals surface area contributed by atoms with Crippen LogP contribution in [0.1, 0.15) is 37.9 Å². The first-order chi connectivity index (χ1) is 14.9. The minimum atomic E-state index is -0.528. The fourth-order valence-electron chi connectivity index (χ4n) is 3.19. The van der Waals surface area contributed by atoms with Gasteiger partial charge in [0.2, 0.25) is 0 Å². The molecule has 31 heavy (non-hydrogen) atoms. The maximum Gasteiger partial charge on any atom is 0.338 e. The largest absolute Gasteiger partial charge is 0.494 e. The Balaban J connectivity index is 1.93. The summed E-state index contributed by atoms with van der Waals surface area (Å²) in [6.45, 7) is 6.38. The maximum atomic E-state index is 12.8. The Labute approximate surface area is 196 Å². The Bertz CT molecular complexity index is 1020. The molecule has 0 spiro atoms. The van der Waals surface area contributed by atoms with Crippen LogP contribution in [0.4, 0.5) is 0 Å². The summed E-state index contributed by atoms with van der Waals surface area (Å²) in [5.41, 5.74) is 3.03. The summed E-state index contributed by atoms with van der Waals surface area (Å²) in [6.07, 6.45) is 0. The number of esters is 1. The van der Waals surface area contributed by atoms with Crippen LogP contribution in [0.25, 0.3) is 0 Å². The Morgan fingerprint density at radius 1 is 1.13 bits per heavy atom. The van der Waals surface area contributed by atoms with Crippen LogP contribution in [-0.4, -0.2) is 24.4 Å². The van der Waals surface area contributed by atoms with Crippen LogP contribution in [0, 0.1) is 0 Å². The molecule has 0 aliphatic carbocycles. The Morgan fingerprint density at radius 2 is 1.90 bits per heavy atom. The van der Waals surface area contributed by atoms with Crippen molar-refractivity contribution in [2.45, 2.75) is 32.6 Å². The lowest BCUT2D eigenvalue weighted by Gasteiger charge is -2.27. The molecule has 0 fully saturated rings. The number of carbonyl (C=O) groups is 1. The summed E-state index contributed by atoms with van der Waals surface area (Å²) in [5.74, 6) is 0.954. The average molecular weight is 479 g/mol. The van der Waals surface area contributed by atoms with Crippen molar-refractivity contribution < 1.29 is 14.3 Å². The minimum absolute atomic E-state index is 0.290. The van der Waals surface area contributed by atoms with E-state index in [-0.39, 0.29) is 12.6 Å². The third kappa shape index (κ3) is 5.76. The molecule has 0 saturated heterocycles. The van der Waals surface area contributed by atoms with E-state index in [1.165, 1.54) is 11.8 Å². The number of nitrogens with zero attached hydrogens (tertiary/aromatic N) is 1. The topological polar surface area (TPSA) is 59.9 Å². The number of carbonyl (C=O) groups excluding carboxylic acids is 1. The third-order valence-corrected chi connectivity index (χ3v) is 6.28. The maximum absolute atomic E-state index is 12.8. The molecule has 8 heteroatoms. The van der Waals surface area contributed by atoms with Crippen LogP contribution in [0.5, 0.6) is 5.75 Å². The number of halogens is 2. The average Bonchev–Trinajstić information content (AvgIpc) is 2.75. The normalized spacial score (nSPS) is 15.9. The molecule has 0 amide bonds. The van der Waals surface area contributed by atoms with Gasteiger partial charge in [-0.2, -0.15) is 0 Å². The van der Waals surface area contributed by atoms with Crippen molar-refractivity contribution in [1.29, 1.82) is 0 Å². The predicted octanol–water partition coefficient (Wildman–Crippen LogP) is 6.16. The molecule has 2 aromatic rings. The lowest BCUT2D eigenvalue weighted by atomic mass is 9.96. The first-order valence-electron chi connectivity index (χ1n) is 9.95. The van der Waals surface area contributed by atoms with Gasteiger partial charge in [0.25, 0.3) is 0 Å². The molecule has 1 heterocycles. The number of allylic oxidation sites excluding steroid dienone is 1. The molecule has 2 aromatic carbocycles. The molecule has 0 aromatic heterocycles. The molecule has 1 N–H and O–H groups in total. The highest BCUT2D eigenvalue weighted by Crippen LogP contribution is 2.38. The number of aliphatic imine (C=N–C) groups is 1. The van der Waals surface area contributed by atoms with Gasteiger partial charge in [-0.3, -0.25) is 0 Å². The van der Waals surface area contributed by atoms with E-state index < -0.39 is 6.04 Å². The van der Waals surface area contributed by atoms with Gasteiger partial charge >= 0.3 is 5.97 Å². The molecule has 164 valence electrons. The number of ether oxygens (including phenoxy) is 2. The van der Waals surface area contributed by atoms with E-state index in [9.17, 15) is 4.79 Å². The smallest absolute Gasteiger partial charge is 0.338 e. The molecule has 3 rings (SSSR count). The lowest BCUT2D eigenvalue weighted by molar-refractivity contribution is -0.138. The Morgan fingerprint density at radius 3 is 2.61 bits per heavy atom. The van der Waals surface area contributed by atoms with Crippen molar-refractivity contribution in [2.75, 3.05) is 13.2 Å². The number of rotatable bonds is 7. The van der Waals surface area contributed by atoms with Crippen LogP contribution in [0.3, 0.4) is 0 Å². The van der Waals surface area contributed by atoms with Crippen molar-refractivity contribution in [2.24, 2.45) is 4.99 Å². The van der Waals surface area contributed by atoms with Gasteiger partial charge in [0.1, 0.15) is 11.8 Å². The minimum Gasteiger partial charge on any atom is -0.494 e. The van der Waals surface area contributed by atoms with Gasteiger partial charge in [-0.05, 0) is 44.5 Å². The van der Waals surface area contributed by atoms with E-state index in [2.05, 4.69) is 5.32 Å². The first kappa shape index (κ1) is 23.5. The van der Waals surface area contributed by atoms with Crippen LogP contribution < -0.4 is 10.1 Å². The quantitative estimate of drug-likeness (QED) is 0.482. The van der Waals surface area contributed by atoms with Gasteiger partial charge in [-0.1, -0.05) is 59.2 Å². The number of hydrogen-bond acceptors (Lipinski definition) is 6. The second-order valence-electron chi connectivity index (χ2n) is 6.73. The van der Waals surface area contributed by atoms with Crippen LogP contribution >= 0.6 is 35.0 Å². The third-order valence-electron chi connectivity index (χ3n) is 4.59. The monoisotopic (exact) mass is 478 g/mol. The van der Waals surface area contributed by atoms with Gasteiger partial charge in [-0.15, -0.1) is 0 Å². The molecule has 0 saturated carbocycles. The lowest BCUT2D eigenvalue weighted by Crippen LogP contribution is -2.30. The number of para-hydroxylation sites is 1. The summed E-state index contributed by atoms with van der Waals surface area (Å²) in [7, 11) is 0. The molecule has 0 unspecified atom stereocenters. The summed E-state index contributed by atoms with van der Waals surface area (Å²) in [4.78, 5) is 17.6. The highest BCUT2D eigenvalue weighted by Gasteiger charge is 2.32. The first-order valence-corrected chi connectivity index (χ1v) is 11.7. The standard InChI is InChI=1S/C23H24Cl2N2O3S/c1-4-29-19-9-7-6-8-16(19)21-20(22(28)30-5-2)14(3)26-23(27-21)31-13-15-10-11-17(24)18(25)12-15/h6-12,21H,4-5,13H2,1-3H3,(H,26,27)/t21-/m0/s1. The van der Waals surface area contributed by atoms with Gasteiger partial charge in [0.05, 0.1) is 28.8 Å². The van der Waals surface area contributed by atoms with Crippen molar-refractivity contribution >= 4 is 46.1 Å². The molecule has 1 atom stereocenters. The van der Waals surface area contributed by atoms with Gasteiger partial charge in [0, 0.05) is 17.0 Å². The van der Waals surface area contributed by atoms with Crippen LogP contribution in [-0.2, 0) is 15.3 Å². The van der Waals surface area contributed by atoms with Crippen molar-refractivity contribution in [1.82, 2.24) is 5.32 Å². The summed E-state index contributed by atoms with van der Waals surface area (Å²) < 4.78 is 11.1. The zero-order chi connectivity index (χ0) is 22.4. The molecule has 1 aliphatic heterocycles. The highest BCUT2D eigenvalue weighted by atomic mass is 35.5. The number of nitrogens with one attached hydrogen (secondary N) is 1. The Hall–Kier alpha value is -2.15. The molecule has 5 nitrogen and oxygen atoms in total. The summed E-state index contributed by atoms with van der Waals surface area (Å²) >= 11 is 13.7. The van der Waals surface area contributed by atoms with Crippen molar-refractivity contribution in [3.8, 4) is 5.75 Å². The van der Waals surface area contributed by atoms with Gasteiger partial charge in [-0.25, -0.2) is 9.79 Å². The fourth-order valence-corrected chi connectivity index (χ4v) is 4.40. The van der Waals surface area contributed by atoms with Crippen molar-refractivity contribution in [3.05, 3.63) is 74.9 Å². The van der Waals surface area contributed by atoms with E-state index in [4.69, 9.17) is 37.7 Å². The highest BCUT2D eigenvalue weighted by molar-refractivity contribution is 8.13. The van der Waals surface area contributed by atoms with E-state index >= 15 is 0 Å². The number of amidine groups is 1. The number of thioether (sulfide) groups is 1. The second kappa shape index (κ2) is 10.9. The van der Waals surface area contributed by atoms with Gasteiger partial charge in [0.15, 0.2) is 5.17 Å². The molecule has 0 bridgehead atoms. The zero-order valence-electron chi connectivity index (χ0n) is 17.6. The van der Waals surface area contributed by atoms with Crippen LogP contribution in [0.15, 0.2) is 58.7 Å². The predicted molar refractivity (Wildman–Crippen MR) is 128 cm³/mol. The second-order valence-corrected chi connectivity index (χ2v) is 8.51. The fraction of sp³-hybridized carbons (Fsp3) is 0.304. The van der Waals surface area contributed by atoms with E-state index in [0.717, 1.165) is 11.1 Å². The van der Waals surface area contributed by atoms with E-state index in [1.54, 1.807) is 13.0 Å². The molecule has 1 aliphatic rings. The summed E-state index contributed by atoms with van der Waals surface area (Å²) in [5, 5.41) is 4.99. The molecular formula is C23H24Cl2N2O3S. The number of benzene rings is 2. The van der Waals surface area contributed by atoms with E-state index in [0.29, 0.717) is 44.6 Å². The molecular weight excluding hydrogens is 455 g/mol. The Kier molecular flexibility index (Phi) is 8.29. The van der Waals surface area contributed by atoms with Crippen molar-refractivity contribution in [3.63, 3.8) is 0 Å². The zero-order valence-corrected chi connectivity index (χ0v) is 19.9. The van der Waals surface area contributed by atoms with Gasteiger partial charge < -0.3 is 14.8 Å². The SMILES string of the molecule is CCOC(=O)C1=C(C)NC(SCc2ccc(Cl)c(Cl)c2)=N[C@H]1c1ccccc1OCC. The summed E-state index contributed by atoms with van der Waals surface area (Å²) in [6, 6.07) is 12.7.